The molecule has 6 heteroatoms. The third-order valence-corrected chi connectivity index (χ3v) is 3.71. The van der Waals surface area contributed by atoms with Crippen molar-refractivity contribution in [2.75, 3.05) is 0 Å². The molecule has 5 nitrogen and oxygen atoms in total. The molecular weight excluding hydrogens is 507 g/mol. The Balaban J connectivity index is 0.00000196. The summed E-state index contributed by atoms with van der Waals surface area (Å²) in [5.41, 5.74) is 2.77. The molecule has 0 aliphatic rings. The maximum Gasteiger partial charge on any atom is 0.241 e. The van der Waals surface area contributed by atoms with E-state index in [4.69, 9.17) is 4.74 Å². The third-order valence-electron chi connectivity index (χ3n) is 3.71. The number of aromatic nitrogens is 4. The van der Waals surface area contributed by atoms with Gasteiger partial charge in [0.05, 0.1) is 7.05 Å². The molecule has 0 bridgehead atoms. The Morgan fingerprint density at radius 3 is 2.31 bits per heavy atom. The first kappa shape index (κ1) is 18.1. The molecule has 2 aromatic heterocycles. The van der Waals surface area contributed by atoms with Crippen molar-refractivity contribution < 1.29 is 30.4 Å². The van der Waals surface area contributed by atoms with Crippen molar-refractivity contribution in [3.63, 3.8) is 0 Å². The summed E-state index contributed by atoms with van der Waals surface area (Å²) in [5, 5.41) is 4.21. The van der Waals surface area contributed by atoms with E-state index in [1.807, 2.05) is 78.0 Å². The second-order valence-electron chi connectivity index (χ2n) is 5.67. The van der Waals surface area contributed by atoms with Gasteiger partial charge in [-0.05, 0) is 18.7 Å². The number of nitrogens with zero attached hydrogens (tertiary/aromatic N) is 4. The van der Waals surface area contributed by atoms with Crippen LogP contribution in [0.15, 0.2) is 61.1 Å². The van der Waals surface area contributed by atoms with Gasteiger partial charge in [-0.25, -0.2) is 0 Å². The Kier molecular flexibility index (Phi) is 5.38. The van der Waals surface area contributed by atoms with Crippen LogP contribution in [0.4, 0.5) is 0 Å². The number of imidazole rings is 1. The molecule has 0 atom stereocenters. The molecule has 26 heavy (non-hydrogen) atoms. The van der Waals surface area contributed by atoms with E-state index >= 15 is 0 Å². The predicted molar refractivity (Wildman–Crippen MR) is 91.8 cm³/mol. The van der Waals surface area contributed by atoms with Crippen molar-refractivity contribution in [1.29, 1.82) is 0 Å². The van der Waals surface area contributed by atoms with Crippen LogP contribution in [-0.2, 0) is 28.1 Å². The van der Waals surface area contributed by atoms with Gasteiger partial charge in [-0.2, -0.15) is 23.3 Å². The average Bonchev–Trinajstić information content (AvgIpc) is 3.25. The van der Waals surface area contributed by atoms with Crippen LogP contribution in [0.3, 0.4) is 0 Å². The largest absolute Gasteiger partial charge is 0.510 e. The van der Waals surface area contributed by atoms with Crippen molar-refractivity contribution in [2.45, 2.75) is 6.92 Å². The fourth-order valence-electron chi connectivity index (χ4n) is 2.63. The number of ether oxygens (including phenoxy) is 1. The number of aryl methyl sites for hydroxylation is 2. The molecule has 0 saturated heterocycles. The van der Waals surface area contributed by atoms with E-state index in [0.717, 1.165) is 17.1 Å². The first-order valence-electron chi connectivity index (χ1n) is 7.89. The molecule has 0 unspecified atom stereocenters. The van der Waals surface area contributed by atoms with Crippen molar-refractivity contribution in [3.8, 4) is 22.9 Å². The molecule has 0 spiro atoms. The van der Waals surface area contributed by atoms with Gasteiger partial charge >= 0.3 is 0 Å². The number of rotatable bonds is 4. The fourth-order valence-corrected chi connectivity index (χ4v) is 2.63. The molecule has 4 rings (SSSR count). The fraction of sp³-hybridized carbons (Fsp3) is 0.100. The van der Waals surface area contributed by atoms with Gasteiger partial charge in [0.1, 0.15) is 0 Å². The molecule has 2 aromatic carbocycles. The van der Waals surface area contributed by atoms with Gasteiger partial charge in [-0.15, -0.1) is 30.3 Å². The topological polar surface area (TPSA) is 35.9 Å². The van der Waals surface area contributed by atoms with Crippen molar-refractivity contribution in [3.05, 3.63) is 85.2 Å². The van der Waals surface area contributed by atoms with Gasteiger partial charge in [0, 0.05) is 56.8 Å². The first-order valence-corrected chi connectivity index (χ1v) is 7.89. The van der Waals surface area contributed by atoms with Crippen LogP contribution in [0.1, 0.15) is 5.69 Å². The van der Waals surface area contributed by atoms with E-state index in [1.165, 1.54) is 0 Å². The van der Waals surface area contributed by atoms with Crippen LogP contribution in [0.2, 0.25) is 0 Å². The second-order valence-corrected chi connectivity index (χ2v) is 5.67. The van der Waals surface area contributed by atoms with E-state index < -0.39 is 0 Å². The molecule has 0 aliphatic heterocycles. The standard InChI is InChI=1S/C20H16N4O.Pt/c1-16-14-22(2)15-23(16)17-6-3-8-19(12-17)25-20-9-4-7-18(13-20)24-11-5-10-21-24;/h3-11,14H,1-2H3;/q-2;. The summed E-state index contributed by atoms with van der Waals surface area (Å²) in [5.74, 6) is 1.23. The van der Waals surface area contributed by atoms with Gasteiger partial charge in [-0.1, -0.05) is 5.69 Å². The maximum atomic E-state index is 5.94. The molecule has 0 N–H and O–H groups in total. The van der Waals surface area contributed by atoms with Crippen LogP contribution in [0.5, 0.6) is 11.5 Å². The number of benzene rings is 2. The summed E-state index contributed by atoms with van der Waals surface area (Å²) < 4.78 is 11.5. The van der Waals surface area contributed by atoms with E-state index in [-0.39, 0.29) is 21.1 Å². The quantitative estimate of drug-likeness (QED) is 0.305. The van der Waals surface area contributed by atoms with Gasteiger partial charge in [0.2, 0.25) is 6.33 Å². The van der Waals surface area contributed by atoms with Gasteiger partial charge in [-0.3, -0.25) is 4.68 Å². The third kappa shape index (κ3) is 3.78. The van der Waals surface area contributed by atoms with Crippen LogP contribution < -0.4 is 9.30 Å². The predicted octanol–water partition coefficient (Wildman–Crippen LogP) is 2.99. The van der Waals surface area contributed by atoms with E-state index in [0.29, 0.717) is 11.5 Å². The Morgan fingerprint density at radius 1 is 1.00 bits per heavy atom. The van der Waals surface area contributed by atoms with Gasteiger partial charge in [0.25, 0.3) is 0 Å². The zero-order chi connectivity index (χ0) is 17.2. The average molecular weight is 523 g/mol. The zero-order valence-electron chi connectivity index (χ0n) is 14.3. The molecule has 0 radical (unpaired) electrons. The Bertz CT molecular complexity index is 1010. The van der Waals surface area contributed by atoms with Crippen LogP contribution in [-0.4, -0.2) is 14.3 Å². The molecule has 0 fully saturated rings. The minimum atomic E-state index is 0. The minimum Gasteiger partial charge on any atom is -0.510 e. The monoisotopic (exact) mass is 523 g/mol. The number of hydrogen-bond donors (Lipinski definition) is 0. The Labute approximate surface area is 166 Å². The maximum absolute atomic E-state index is 5.94. The summed E-state index contributed by atoms with van der Waals surface area (Å²) in [6.07, 6.45) is 8.81. The first-order chi connectivity index (χ1) is 12.2. The van der Waals surface area contributed by atoms with Crippen molar-refractivity contribution in [2.24, 2.45) is 7.05 Å². The summed E-state index contributed by atoms with van der Waals surface area (Å²) in [6.45, 7) is 2.03. The summed E-state index contributed by atoms with van der Waals surface area (Å²) >= 11 is 0. The van der Waals surface area contributed by atoms with E-state index in [1.54, 1.807) is 10.9 Å². The van der Waals surface area contributed by atoms with E-state index in [2.05, 4.69) is 23.6 Å². The molecule has 0 saturated carbocycles. The smallest absolute Gasteiger partial charge is 0.241 e. The van der Waals surface area contributed by atoms with Crippen molar-refractivity contribution >= 4 is 0 Å². The van der Waals surface area contributed by atoms with Crippen LogP contribution >= 0.6 is 0 Å². The zero-order valence-corrected chi connectivity index (χ0v) is 16.6. The molecule has 134 valence electrons. The van der Waals surface area contributed by atoms with E-state index in [9.17, 15) is 0 Å². The molecule has 0 amide bonds. The molecule has 4 aromatic rings. The minimum absolute atomic E-state index is 0. The Hall–Kier alpha value is -2.65. The summed E-state index contributed by atoms with van der Waals surface area (Å²) in [7, 11) is 1.94. The van der Waals surface area contributed by atoms with Gasteiger partial charge in [0.15, 0.2) is 0 Å². The molecular formula is C20H16N4OPt-2. The normalized spacial score (nSPS) is 10.4. The molecule has 0 aliphatic carbocycles. The SMILES string of the molecule is Cc1c[n+](C)[c-]n1-c1[c-]c(Oc2[c-]c(-n3cccn3)ccc2)ccc1.[Pt]. The Morgan fingerprint density at radius 2 is 1.69 bits per heavy atom. The molecule has 2 heterocycles. The van der Waals surface area contributed by atoms with Crippen molar-refractivity contribution in [1.82, 2.24) is 14.3 Å². The summed E-state index contributed by atoms with van der Waals surface area (Å²) in [6, 6.07) is 19.8. The summed E-state index contributed by atoms with van der Waals surface area (Å²) in [4.78, 5) is 0. The van der Waals surface area contributed by atoms with Gasteiger partial charge < -0.3 is 13.9 Å². The second kappa shape index (κ2) is 7.71. The van der Waals surface area contributed by atoms with Crippen LogP contribution in [0.25, 0.3) is 11.4 Å². The van der Waals surface area contributed by atoms with Crippen LogP contribution in [0, 0.1) is 25.4 Å². The number of hydrogen-bond acceptors (Lipinski definition) is 2.